The summed E-state index contributed by atoms with van der Waals surface area (Å²) in [6.07, 6.45) is 6.47. The zero-order valence-corrected chi connectivity index (χ0v) is 25.8. The van der Waals surface area contributed by atoms with Gasteiger partial charge in [0.15, 0.2) is 0 Å². The average Bonchev–Trinajstić information content (AvgIpc) is 3.51. The van der Waals surface area contributed by atoms with Gasteiger partial charge >= 0.3 is 0 Å². The van der Waals surface area contributed by atoms with Crippen LogP contribution in [0.25, 0.3) is 0 Å². The van der Waals surface area contributed by atoms with Crippen LogP contribution >= 0.6 is 22.6 Å². The van der Waals surface area contributed by atoms with Gasteiger partial charge in [-0.05, 0) is 71.2 Å². The number of methoxy groups -OCH3 is 1. The van der Waals surface area contributed by atoms with Crippen molar-refractivity contribution in [2.24, 2.45) is 5.92 Å². The van der Waals surface area contributed by atoms with Gasteiger partial charge in [0.25, 0.3) is 0 Å². The van der Waals surface area contributed by atoms with E-state index in [1.165, 1.54) is 12.8 Å². The molecule has 222 valence electrons. The number of hydrogen-bond donors (Lipinski definition) is 3. The van der Waals surface area contributed by atoms with E-state index in [0.717, 1.165) is 34.1 Å². The molecule has 0 saturated heterocycles. The summed E-state index contributed by atoms with van der Waals surface area (Å²) in [7, 11) is 1.63. The van der Waals surface area contributed by atoms with Crippen molar-refractivity contribution in [1.82, 2.24) is 10.2 Å². The highest BCUT2D eigenvalue weighted by molar-refractivity contribution is 14.1. The first-order valence-corrected chi connectivity index (χ1v) is 15.6. The van der Waals surface area contributed by atoms with Gasteiger partial charge in [-0.3, -0.25) is 9.59 Å². The molecule has 2 aliphatic rings. The van der Waals surface area contributed by atoms with Crippen molar-refractivity contribution in [1.29, 1.82) is 0 Å². The van der Waals surface area contributed by atoms with Crippen molar-refractivity contribution in [3.8, 4) is 11.5 Å². The van der Waals surface area contributed by atoms with Gasteiger partial charge < -0.3 is 29.9 Å². The fourth-order valence-electron chi connectivity index (χ4n) is 5.86. The summed E-state index contributed by atoms with van der Waals surface area (Å²) in [5.74, 6) is 1.54. The number of rotatable bonds is 13. The predicted octanol–water partition coefficient (Wildman–Crippen LogP) is 4.26. The van der Waals surface area contributed by atoms with Crippen molar-refractivity contribution in [3.63, 3.8) is 0 Å². The van der Waals surface area contributed by atoms with Gasteiger partial charge in [0.1, 0.15) is 23.7 Å². The lowest BCUT2D eigenvalue weighted by Crippen LogP contribution is -2.55. The molecule has 0 radical (unpaired) electrons. The molecule has 0 spiro atoms. The molecule has 3 N–H and O–H groups in total. The lowest BCUT2D eigenvalue weighted by Gasteiger charge is -2.41. The molecule has 0 bridgehead atoms. The monoisotopic (exact) mass is 676 g/mol. The normalized spacial score (nSPS) is 20.8. The zero-order chi connectivity index (χ0) is 29.2. The maximum atomic E-state index is 13.9. The second kappa shape index (κ2) is 15.6. The Bertz CT molecular complexity index is 1200. The molecule has 2 amide bonds. The largest absolute Gasteiger partial charge is 0.496 e. The molecule has 0 aromatic heterocycles. The highest BCUT2D eigenvalue weighted by Gasteiger charge is 2.40. The SMILES string of the molecule is COc1ccccc1CCN(C(=O)CCC1CCCC1)[C@@H]1CC(C(=O)NCCO)=C[C@H](Oc2ccccc2I)[C@H]1O. The van der Waals surface area contributed by atoms with E-state index in [1.807, 2.05) is 48.5 Å². The second-order valence-corrected chi connectivity index (χ2v) is 11.9. The fourth-order valence-corrected chi connectivity index (χ4v) is 6.38. The minimum absolute atomic E-state index is 0.0269. The van der Waals surface area contributed by atoms with Crippen molar-refractivity contribution >= 4 is 34.4 Å². The van der Waals surface area contributed by atoms with Gasteiger partial charge in [0.2, 0.25) is 11.8 Å². The highest BCUT2D eigenvalue weighted by Crippen LogP contribution is 2.32. The van der Waals surface area contributed by atoms with Crippen LogP contribution < -0.4 is 14.8 Å². The van der Waals surface area contributed by atoms with Gasteiger partial charge in [-0.1, -0.05) is 56.0 Å². The fraction of sp³-hybridized carbons (Fsp3) is 0.500. The second-order valence-electron chi connectivity index (χ2n) is 10.8. The Kier molecular flexibility index (Phi) is 11.9. The molecule has 0 aliphatic heterocycles. The van der Waals surface area contributed by atoms with Gasteiger partial charge in [-0.15, -0.1) is 0 Å². The van der Waals surface area contributed by atoms with Crippen LogP contribution in [0.4, 0.5) is 0 Å². The highest BCUT2D eigenvalue weighted by atomic mass is 127. The van der Waals surface area contributed by atoms with Crippen molar-refractivity contribution < 1.29 is 29.3 Å². The van der Waals surface area contributed by atoms with E-state index in [-0.39, 0.29) is 31.4 Å². The molecule has 2 aromatic carbocycles. The van der Waals surface area contributed by atoms with Crippen molar-refractivity contribution in [2.45, 2.75) is 69.6 Å². The number of halogens is 1. The summed E-state index contributed by atoms with van der Waals surface area (Å²) in [4.78, 5) is 28.7. The predicted molar refractivity (Wildman–Crippen MR) is 166 cm³/mol. The molecule has 2 aliphatic carbocycles. The van der Waals surface area contributed by atoms with Crippen molar-refractivity contribution in [3.05, 3.63) is 69.3 Å². The summed E-state index contributed by atoms with van der Waals surface area (Å²) in [5, 5.41) is 23.7. The molecule has 1 saturated carbocycles. The van der Waals surface area contributed by atoms with E-state index < -0.39 is 18.2 Å². The Morgan fingerprint density at radius 3 is 2.49 bits per heavy atom. The van der Waals surface area contributed by atoms with E-state index in [2.05, 4.69) is 27.9 Å². The van der Waals surface area contributed by atoms with Gasteiger partial charge in [-0.2, -0.15) is 0 Å². The topological polar surface area (TPSA) is 108 Å². The first-order valence-electron chi connectivity index (χ1n) is 14.5. The third kappa shape index (κ3) is 8.45. The molecule has 3 atom stereocenters. The molecule has 41 heavy (non-hydrogen) atoms. The first-order chi connectivity index (χ1) is 19.9. The summed E-state index contributed by atoms with van der Waals surface area (Å²) >= 11 is 2.17. The zero-order valence-electron chi connectivity index (χ0n) is 23.6. The number of ether oxygens (including phenoxy) is 2. The maximum absolute atomic E-state index is 13.9. The number of aliphatic hydroxyl groups is 2. The third-order valence-electron chi connectivity index (χ3n) is 8.09. The standard InChI is InChI=1S/C32H41IN2O6/c1-40-27-12-6-4-10-23(27)16-18-35(30(37)15-14-22-8-2-3-9-22)26-20-24(32(39)34-17-19-36)21-29(31(26)38)41-28-13-7-5-11-25(28)33/h4-7,10-13,21-22,26,29,31,36,38H,2-3,8-9,14-20H2,1H3,(H,34,39)/t26-,29+,31+/m1/s1. The van der Waals surface area contributed by atoms with Crippen LogP contribution in [-0.4, -0.2) is 72.0 Å². The number of carbonyl (C=O) groups is 2. The van der Waals surface area contributed by atoms with E-state index in [4.69, 9.17) is 9.47 Å². The Labute approximate surface area is 256 Å². The van der Waals surface area contributed by atoms with E-state index in [1.54, 1.807) is 18.1 Å². The summed E-state index contributed by atoms with van der Waals surface area (Å²) in [6, 6.07) is 14.6. The lowest BCUT2D eigenvalue weighted by molar-refractivity contribution is -0.138. The molecule has 9 heteroatoms. The minimum Gasteiger partial charge on any atom is -0.496 e. The van der Waals surface area contributed by atoms with Crippen LogP contribution in [0, 0.1) is 9.49 Å². The Hall–Kier alpha value is -2.63. The number of amides is 2. The van der Waals surface area contributed by atoms with Gasteiger partial charge in [0.05, 0.1) is 23.3 Å². The third-order valence-corrected chi connectivity index (χ3v) is 8.98. The Balaban J connectivity index is 1.62. The van der Waals surface area contributed by atoms with Crippen LogP contribution in [0.3, 0.4) is 0 Å². The molecule has 8 nitrogen and oxygen atoms in total. The summed E-state index contributed by atoms with van der Waals surface area (Å²) < 4.78 is 12.7. The van der Waals surface area contributed by atoms with E-state index in [9.17, 15) is 19.8 Å². The quantitative estimate of drug-likeness (QED) is 0.274. The molecule has 1 fully saturated rings. The lowest BCUT2D eigenvalue weighted by atomic mass is 9.87. The Morgan fingerprint density at radius 1 is 1.07 bits per heavy atom. The van der Waals surface area contributed by atoms with Crippen molar-refractivity contribution in [2.75, 3.05) is 26.8 Å². The van der Waals surface area contributed by atoms with Gasteiger partial charge in [0, 0.05) is 31.5 Å². The average molecular weight is 677 g/mol. The smallest absolute Gasteiger partial charge is 0.247 e. The van der Waals surface area contributed by atoms with E-state index >= 15 is 0 Å². The van der Waals surface area contributed by atoms with E-state index in [0.29, 0.717) is 36.6 Å². The van der Waals surface area contributed by atoms with Crippen LogP contribution in [0.5, 0.6) is 11.5 Å². The molecular formula is C32H41IN2O6. The van der Waals surface area contributed by atoms with Gasteiger partial charge in [-0.25, -0.2) is 0 Å². The minimum atomic E-state index is -1.05. The molecule has 4 rings (SSSR count). The maximum Gasteiger partial charge on any atom is 0.247 e. The Morgan fingerprint density at radius 2 is 1.78 bits per heavy atom. The molecular weight excluding hydrogens is 635 g/mol. The first kappa shape index (κ1) is 31.3. The number of para-hydroxylation sites is 2. The van der Waals surface area contributed by atoms with Crippen LogP contribution in [0.15, 0.2) is 60.2 Å². The van der Waals surface area contributed by atoms with Crippen LogP contribution in [0.2, 0.25) is 0 Å². The van der Waals surface area contributed by atoms with Crippen LogP contribution in [0.1, 0.15) is 50.5 Å². The summed E-state index contributed by atoms with van der Waals surface area (Å²) in [6.45, 7) is 0.300. The molecule has 0 unspecified atom stereocenters. The number of nitrogens with zero attached hydrogens (tertiary/aromatic N) is 1. The van der Waals surface area contributed by atoms with Crippen LogP contribution in [-0.2, 0) is 16.0 Å². The molecule has 0 heterocycles. The number of benzene rings is 2. The molecule has 2 aromatic rings. The number of carbonyl (C=O) groups excluding carboxylic acids is 2. The number of hydrogen-bond acceptors (Lipinski definition) is 6. The number of nitrogens with one attached hydrogen (secondary N) is 1. The number of aliphatic hydroxyl groups excluding tert-OH is 2. The summed E-state index contributed by atoms with van der Waals surface area (Å²) in [5.41, 5.74) is 1.40.